The average molecular weight is 358 g/mol. The van der Waals surface area contributed by atoms with Crippen molar-refractivity contribution in [2.24, 2.45) is 0 Å². The Morgan fingerprint density at radius 1 is 1.04 bits per heavy atom. The molecule has 25 heavy (non-hydrogen) atoms. The third-order valence-corrected chi connectivity index (χ3v) is 3.25. The van der Waals surface area contributed by atoms with Crippen LogP contribution in [0.5, 0.6) is 5.75 Å². The Hall–Kier alpha value is -2.23. The summed E-state index contributed by atoms with van der Waals surface area (Å²) in [7, 11) is 0. The van der Waals surface area contributed by atoms with Crippen LogP contribution in [-0.2, 0) is 14.3 Å². The van der Waals surface area contributed by atoms with Crippen LogP contribution in [0.15, 0.2) is 24.3 Å². The molecule has 0 saturated carbocycles. The van der Waals surface area contributed by atoms with Crippen LogP contribution in [0, 0.1) is 5.82 Å². The summed E-state index contributed by atoms with van der Waals surface area (Å²) in [5, 5.41) is 18.1. The Labute approximate surface area is 145 Å². The van der Waals surface area contributed by atoms with E-state index in [1.54, 1.807) is 12.1 Å². The molecule has 0 aliphatic carbocycles. The molecule has 9 heteroatoms. The van der Waals surface area contributed by atoms with Crippen LogP contribution in [0.25, 0.3) is 0 Å². The Balaban J connectivity index is 0.000000450. The first kappa shape index (κ1) is 20.8. The van der Waals surface area contributed by atoms with Gasteiger partial charge in [-0.3, -0.25) is 4.90 Å². The standard InChI is InChI=1S/C14H21FN2O2.C2H2O4/c15-13-1-3-14(4-2-13)19-12-11-18-10-9-17-7-5-16-6-8-17;3-1(4)2(5)6/h1-4,16H,5-12H2;(H,3,4)(H,5,6). The van der Waals surface area contributed by atoms with E-state index in [9.17, 15) is 4.39 Å². The molecule has 3 N–H and O–H groups in total. The predicted octanol–water partition coefficient (Wildman–Crippen LogP) is 0.282. The van der Waals surface area contributed by atoms with Crippen LogP contribution in [0.1, 0.15) is 0 Å². The molecule has 140 valence electrons. The third kappa shape index (κ3) is 10.3. The minimum Gasteiger partial charge on any atom is -0.491 e. The van der Waals surface area contributed by atoms with Gasteiger partial charge in [0.2, 0.25) is 0 Å². The van der Waals surface area contributed by atoms with Gasteiger partial charge in [-0.25, -0.2) is 14.0 Å². The highest BCUT2D eigenvalue weighted by molar-refractivity contribution is 6.27. The van der Waals surface area contributed by atoms with Crippen molar-refractivity contribution in [3.63, 3.8) is 0 Å². The van der Waals surface area contributed by atoms with Crippen molar-refractivity contribution in [2.75, 3.05) is 52.5 Å². The molecule has 0 atom stereocenters. The molecule has 1 aromatic carbocycles. The maximum absolute atomic E-state index is 12.7. The van der Waals surface area contributed by atoms with Gasteiger partial charge in [0.1, 0.15) is 18.2 Å². The van der Waals surface area contributed by atoms with Crippen LogP contribution in [-0.4, -0.2) is 79.6 Å². The normalized spacial score (nSPS) is 14.3. The smallest absolute Gasteiger partial charge is 0.414 e. The summed E-state index contributed by atoms with van der Waals surface area (Å²) in [4.78, 5) is 20.6. The zero-order chi connectivity index (χ0) is 18.5. The Morgan fingerprint density at radius 2 is 1.64 bits per heavy atom. The Kier molecular flexibility index (Phi) is 10.1. The summed E-state index contributed by atoms with van der Waals surface area (Å²) >= 11 is 0. The van der Waals surface area contributed by atoms with Gasteiger partial charge in [-0.15, -0.1) is 0 Å². The molecular formula is C16H23FN2O6. The quantitative estimate of drug-likeness (QED) is 0.471. The number of hydrogen-bond donors (Lipinski definition) is 3. The van der Waals surface area contributed by atoms with Crippen LogP contribution in [0.3, 0.4) is 0 Å². The van der Waals surface area contributed by atoms with Gasteiger partial charge in [-0.05, 0) is 24.3 Å². The number of halogens is 1. The number of carbonyl (C=O) groups is 2. The maximum Gasteiger partial charge on any atom is 0.414 e. The zero-order valence-corrected chi connectivity index (χ0v) is 13.8. The highest BCUT2D eigenvalue weighted by atomic mass is 19.1. The highest BCUT2D eigenvalue weighted by Crippen LogP contribution is 2.10. The van der Waals surface area contributed by atoms with E-state index in [1.165, 1.54) is 12.1 Å². The molecule has 2 rings (SSSR count). The molecule has 8 nitrogen and oxygen atoms in total. The first-order valence-electron chi connectivity index (χ1n) is 7.84. The van der Waals surface area contributed by atoms with E-state index in [1.807, 2.05) is 0 Å². The topological polar surface area (TPSA) is 108 Å². The van der Waals surface area contributed by atoms with E-state index in [-0.39, 0.29) is 5.82 Å². The lowest BCUT2D eigenvalue weighted by atomic mass is 10.3. The second kappa shape index (κ2) is 12.2. The number of hydrogen-bond acceptors (Lipinski definition) is 6. The molecule has 0 radical (unpaired) electrons. The van der Waals surface area contributed by atoms with Crippen molar-refractivity contribution < 1.29 is 33.7 Å². The fourth-order valence-corrected chi connectivity index (χ4v) is 1.98. The zero-order valence-electron chi connectivity index (χ0n) is 13.8. The lowest BCUT2D eigenvalue weighted by Crippen LogP contribution is -2.44. The molecule has 0 bridgehead atoms. The van der Waals surface area contributed by atoms with Gasteiger partial charge in [-0.2, -0.15) is 0 Å². The number of nitrogens with zero attached hydrogens (tertiary/aromatic N) is 1. The largest absolute Gasteiger partial charge is 0.491 e. The molecule has 0 spiro atoms. The van der Waals surface area contributed by atoms with Crippen molar-refractivity contribution in [1.82, 2.24) is 10.2 Å². The summed E-state index contributed by atoms with van der Waals surface area (Å²) in [6.45, 7) is 7.06. The Bertz CT molecular complexity index is 508. The molecule has 1 fully saturated rings. The minimum absolute atomic E-state index is 0.250. The Morgan fingerprint density at radius 3 is 2.20 bits per heavy atom. The average Bonchev–Trinajstić information content (AvgIpc) is 2.61. The van der Waals surface area contributed by atoms with Gasteiger partial charge in [0.25, 0.3) is 0 Å². The van der Waals surface area contributed by atoms with Crippen molar-refractivity contribution in [2.45, 2.75) is 0 Å². The molecule has 1 aliphatic rings. The number of rotatable bonds is 7. The van der Waals surface area contributed by atoms with Gasteiger partial charge in [-0.1, -0.05) is 0 Å². The van der Waals surface area contributed by atoms with Crippen LogP contribution in [0.4, 0.5) is 4.39 Å². The fourth-order valence-electron chi connectivity index (χ4n) is 1.98. The number of carboxylic acids is 2. The number of aliphatic carboxylic acids is 2. The van der Waals surface area contributed by atoms with Crippen molar-refractivity contribution in [3.8, 4) is 5.75 Å². The van der Waals surface area contributed by atoms with Crippen LogP contribution in [0.2, 0.25) is 0 Å². The second-order valence-electron chi connectivity index (χ2n) is 5.12. The predicted molar refractivity (Wildman–Crippen MR) is 87.3 cm³/mol. The molecule has 0 amide bonds. The third-order valence-electron chi connectivity index (χ3n) is 3.25. The number of piperazine rings is 1. The van der Waals surface area contributed by atoms with E-state index in [0.29, 0.717) is 19.0 Å². The molecular weight excluding hydrogens is 335 g/mol. The second-order valence-corrected chi connectivity index (χ2v) is 5.12. The summed E-state index contributed by atoms with van der Waals surface area (Å²) in [5.41, 5.74) is 0. The molecule has 1 aliphatic heterocycles. The number of carboxylic acid groups (broad SMARTS) is 2. The van der Waals surface area contributed by atoms with Gasteiger partial charge in [0.05, 0.1) is 13.2 Å². The number of nitrogens with one attached hydrogen (secondary N) is 1. The maximum atomic E-state index is 12.7. The summed E-state index contributed by atoms with van der Waals surface area (Å²) < 4.78 is 23.6. The van der Waals surface area contributed by atoms with Gasteiger partial charge in [0.15, 0.2) is 0 Å². The summed E-state index contributed by atoms with van der Waals surface area (Å²) in [5.74, 6) is -3.23. The van der Waals surface area contributed by atoms with Crippen molar-refractivity contribution in [1.29, 1.82) is 0 Å². The molecule has 1 saturated heterocycles. The van der Waals surface area contributed by atoms with Gasteiger partial charge >= 0.3 is 11.9 Å². The first-order valence-corrected chi connectivity index (χ1v) is 7.84. The number of ether oxygens (including phenoxy) is 2. The van der Waals surface area contributed by atoms with E-state index in [4.69, 9.17) is 29.3 Å². The minimum atomic E-state index is -1.82. The highest BCUT2D eigenvalue weighted by Gasteiger charge is 2.08. The first-order chi connectivity index (χ1) is 12.0. The fraction of sp³-hybridized carbons (Fsp3) is 0.500. The summed E-state index contributed by atoms with van der Waals surface area (Å²) in [6.07, 6.45) is 0. The molecule has 1 aromatic rings. The van der Waals surface area contributed by atoms with Gasteiger partial charge in [0, 0.05) is 32.7 Å². The van der Waals surface area contributed by atoms with Gasteiger partial charge < -0.3 is 25.0 Å². The summed E-state index contributed by atoms with van der Waals surface area (Å²) in [6, 6.07) is 6.02. The van der Waals surface area contributed by atoms with Crippen LogP contribution < -0.4 is 10.1 Å². The van der Waals surface area contributed by atoms with Crippen molar-refractivity contribution >= 4 is 11.9 Å². The number of benzene rings is 1. The molecule has 0 unspecified atom stereocenters. The monoisotopic (exact) mass is 358 g/mol. The molecule has 0 aromatic heterocycles. The lowest BCUT2D eigenvalue weighted by Gasteiger charge is -2.26. The van der Waals surface area contributed by atoms with E-state index in [2.05, 4.69) is 10.2 Å². The van der Waals surface area contributed by atoms with E-state index >= 15 is 0 Å². The van der Waals surface area contributed by atoms with Crippen LogP contribution >= 0.6 is 0 Å². The molecule has 1 heterocycles. The van der Waals surface area contributed by atoms with Crippen molar-refractivity contribution in [3.05, 3.63) is 30.1 Å². The lowest BCUT2D eigenvalue weighted by molar-refractivity contribution is -0.159. The van der Waals surface area contributed by atoms with E-state index in [0.717, 1.165) is 39.3 Å². The van der Waals surface area contributed by atoms with E-state index < -0.39 is 11.9 Å². The SMILES string of the molecule is Fc1ccc(OCCOCCN2CCNCC2)cc1.O=C(O)C(=O)O.